The van der Waals surface area contributed by atoms with Gasteiger partial charge < -0.3 is 0 Å². The molecule has 0 saturated heterocycles. The van der Waals surface area contributed by atoms with Crippen LogP contribution in [0, 0.1) is 62.3 Å². The fraction of sp³-hybridized carbons (Fsp3) is 0.235. The first kappa shape index (κ1) is 73.6. The van der Waals surface area contributed by atoms with Crippen LogP contribution < -0.4 is 27.4 Å². The minimum atomic E-state index is 0.135. The van der Waals surface area contributed by atoms with Crippen LogP contribution in [0.15, 0.2) is 287 Å². The van der Waals surface area contributed by atoms with Gasteiger partial charge in [-0.25, -0.2) is 18.3 Å². The summed E-state index contributed by atoms with van der Waals surface area (Å²) >= 11 is 0. The zero-order chi connectivity index (χ0) is 65.2. The van der Waals surface area contributed by atoms with E-state index < -0.39 is 0 Å². The van der Waals surface area contributed by atoms with Crippen LogP contribution in [0.1, 0.15) is 104 Å². The molecule has 6 heterocycles. The maximum atomic E-state index is 11.9. The lowest BCUT2D eigenvalue weighted by Gasteiger charge is -1.98. The number of benzene rings is 5. The van der Waals surface area contributed by atoms with Crippen molar-refractivity contribution in [2.45, 2.75) is 109 Å². The minimum absolute atomic E-state index is 0.135. The Morgan fingerprint density at radius 2 is 0.663 bits per heavy atom. The van der Waals surface area contributed by atoms with Gasteiger partial charge >= 0.3 is 0 Å². The van der Waals surface area contributed by atoms with E-state index in [-0.39, 0.29) is 11.6 Å². The fourth-order valence-corrected chi connectivity index (χ4v) is 7.86. The molecule has 0 amide bonds. The number of Topliss-reactive ketones (excluding diaryl/α,β-unsaturated/α-hetero) is 2. The van der Waals surface area contributed by atoms with Gasteiger partial charge in [-0.05, 0) is 104 Å². The fourth-order valence-electron chi connectivity index (χ4n) is 7.86. The number of carbonyl (C=O) groups is 2. The van der Waals surface area contributed by atoms with Gasteiger partial charge in [-0.15, -0.1) is 0 Å². The first-order chi connectivity index (χ1) is 42.8. The largest absolute Gasteiger partial charge is 0.294 e. The third kappa shape index (κ3) is 33.7. The molecule has 0 spiro atoms. The third-order valence-electron chi connectivity index (χ3n) is 13.4. The Labute approximate surface area is 535 Å². The average Bonchev–Trinajstić information content (AvgIpc) is 3.69. The molecule has 0 atom stereocenters. The Balaban J connectivity index is 0.000000265. The zero-order valence-corrected chi connectivity index (χ0v) is 56.0. The van der Waals surface area contributed by atoms with E-state index in [1.807, 2.05) is 225 Å². The SMILES string of the molecule is CCC(=O)c1ccc(C)cc1.CC[n+]1cccc(C)c1.CCc1ccc(C)cc1.Cc1cc[n+](C)cc1.Cc1cc[n+](C)cc1.Cc1ccc(-[n+]2ccccc2)cc1.Cc1ccc(C(=O)C[n+]2ccccc2)cc1.Cc1ccc[n+](C)c1.Cc1ccccc1. The lowest BCUT2D eigenvalue weighted by molar-refractivity contribution is -0.693. The highest BCUT2D eigenvalue weighted by molar-refractivity contribution is 5.96. The molecule has 0 aliphatic heterocycles. The van der Waals surface area contributed by atoms with Crippen molar-refractivity contribution in [3.05, 3.63) is 353 Å². The Morgan fingerprint density at radius 1 is 0.303 bits per heavy atom. The first-order valence-corrected chi connectivity index (χ1v) is 30.7. The second-order valence-corrected chi connectivity index (χ2v) is 21.9. The van der Waals surface area contributed by atoms with E-state index in [9.17, 15) is 9.59 Å². The molecular formula is C81H100N6O2+6. The Bertz CT molecular complexity index is 3530. The second-order valence-electron chi connectivity index (χ2n) is 21.9. The van der Waals surface area contributed by atoms with Crippen LogP contribution in [0.3, 0.4) is 0 Å². The number of pyridine rings is 6. The van der Waals surface area contributed by atoms with Crippen LogP contribution in [0.5, 0.6) is 0 Å². The lowest BCUT2D eigenvalue weighted by atomic mass is 10.1. The minimum Gasteiger partial charge on any atom is -0.294 e. The summed E-state index contributed by atoms with van der Waals surface area (Å²) in [5.74, 6) is 0.348. The van der Waals surface area contributed by atoms with Crippen LogP contribution in [-0.4, -0.2) is 11.6 Å². The summed E-state index contributed by atoms with van der Waals surface area (Å²) < 4.78 is 12.2. The number of aryl methyl sites for hydroxylation is 14. The van der Waals surface area contributed by atoms with Gasteiger partial charge in [0.25, 0.3) is 0 Å². The summed E-state index contributed by atoms with van der Waals surface area (Å²) in [5, 5.41) is 0. The topological polar surface area (TPSA) is 57.4 Å². The van der Waals surface area contributed by atoms with Gasteiger partial charge in [0.1, 0.15) is 27.7 Å². The summed E-state index contributed by atoms with van der Waals surface area (Å²) in [4.78, 5) is 23.0. The molecule has 8 heteroatoms. The molecule has 0 unspecified atom stereocenters. The molecule has 0 aliphatic carbocycles. The maximum Gasteiger partial charge on any atom is 0.227 e. The third-order valence-corrected chi connectivity index (χ3v) is 13.4. The quantitative estimate of drug-likeness (QED) is 0.112. The van der Waals surface area contributed by atoms with Crippen LogP contribution in [-0.2, 0) is 40.7 Å². The number of carbonyl (C=O) groups excluding carboxylic acids is 2. The molecule has 11 rings (SSSR count). The Morgan fingerprint density at radius 3 is 1.02 bits per heavy atom. The van der Waals surface area contributed by atoms with Crippen molar-refractivity contribution in [2.75, 3.05) is 0 Å². The summed E-state index contributed by atoms with van der Waals surface area (Å²) in [6, 6.07) is 71.2. The predicted molar refractivity (Wildman–Crippen MR) is 367 cm³/mol. The highest BCUT2D eigenvalue weighted by Crippen LogP contribution is 2.07. The van der Waals surface area contributed by atoms with Crippen molar-refractivity contribution in [3.8, 4) is 5.69 Å². The summed E-state index contributed by atoms with van der Waals surface area (Å²) in [6.45, 7) is 26.3. The molecular weight excluding hydrogens is 1090 g/mol. The standard InChI is InChI=1S/C14H14NO.C12H12N.C10H12O.C9H12.C8H12N.3C7H10N.C7H8/c1-12-5-7-13(8-6-12)14(16)11-15-9-3-2-4-10-15;1-11-5-7-12(8-6-11)13-9-3-2-4-10-13;1-3-10(11)9-6-4-8(2)5-7-9;1-3-9-6-4-8(2)5-7-9;1-3-9-6-4-5-8(2)7-9;2*1-7-3-5-8(2)6-4-7;1-7-4-3-5-8(2)6-7;1-7-5-3-2-4-6-7/h2-10H,11H2,1H3;2-10H,1H3;4-7H,3H2,1-2H3;2*4-7H,3H2,1-2H3;3*3-6H,1-2H3;2-6H,1H3/q2*+1;;;4*+1;. The van der Waals surface area contributed by atoms with E-state index >= 15 is 0 Å². The average molecular weight is 1190 g/mol. The number of hydrogen-bond acceptors (Lipinski definition) is 2. The van der Waals surface area contributed by atoms with Gasteiger partial charge in [-0.1, -0.05) is 169 Å². The molecule has 5 aromatic carbocycles. The number of hydrogen-bond donors (Lipinski definition) is 0. The summed E-state index contributed by atoms with van der Waals surface area (Å²) in [6.07, 6.45) is 26.1. The van der Waals surface area contributed by atoms with E-state index in [2.05, 4.69) is 193 Å². The molecule has 8 nitrogen and oxygen atoms in total. The van der Waals surface area contributed by atoms with Crippen molar-refractivity contribution in [1.82, 2.24) is 0 Å². The Hall–Kier alpha value is -9.66. The predicted octanol–water partition coefficient (Wildman–Crippen LogP) is 15.3. The van der Waals surface area contributed by atoms with Crippen LogP contribution in [0.25, 0.3) is 5.69 Å². The van der Waals surface area contributed by atoms with E-state index in [0.717, 1.165) is 24.1 Å². The lowest BCUT2D eigenvalue weighted by Crippen LogP contribution is -2.36. The van der Waals surface area contributed by atoms with Crippen LogP contribution in [0.2, 0.25) is 0 Å². The molecule has 0 bridgehead atoms. The number of ketones is 2. The van der Waals surface area contributed by atoms with E-state index in [1.165, 1.54) is 61.3 Å². The zero-order valence-electron chi connectivity index (χ0n) is 56.0. The van der Waals surface area contributed by atoms with Gasteiger partial charge in [0.15, 0.2) is 80.1 Å². The summed E-state index contributed by atoms with van der Waals surface area (Å²) in [5.41, 5.74) is 15.8. The van der Waals surface area contributed by atoms with E-state index in [0.29, 0.717) is 13.0 Å². The van der Waals surface area contributed by atoms with Crippen LogP contribution in [0.4, 0.5) is 0 Å². The Kier molecular flexibility index (Phi) is 35.6. The van der Waals surface area contributed by atoms with Crippen molar-refractivity contribution in [3.63, 3.8) is 0 Å². The van der Waals surface area contributed by atoms with Crippen molar-refractivity contribution in [1.29, 1.82) is 0 Å². The van der Waals surface area contributed by atoms with Gasteiger partial charge in [-0.3, -0.25) is 9.59 Å². The highest BCUT2D eigenvalue weighted by Gasteiger charge is 2.11. The molecule has 460 valence electrons. The molecule has 89 heavy (non-hydrogen) atoms. The smallest absolute Gasteiger partial charge is 0.227 e. The van der Waals surface area contributed by atoms with Crippen LogP contribution >= 0.6 is 0 Å². The van der Waals surface area contributed by atoms with Crippen molar-refractivity contribution in [2.24, 2.45) is 21.1 Å². The number of nitrogens with zero attached hydrogens (tertiary/aromatic N) is 6. The normalized spacial score (nSPS) is 9.56. The van der Waals surface area contributed by atoms with E-state index in [1.54, 1.807) is 0 Å². The molecule has 6 aromatic heterocycles. The van der Waals surface area contributed by atoms with Gasteiger partial charge in [0, 0.05) is 101 Å². The van der Waals surface area contributed by atoms with Gasteiger partial charge in [0.05, 0.1) is 0 Å². The van der Waals surface area contributed by atoms with Crippen molar-refractivity contribution >= 4 is 11.6 Å². The molecule has 11 aromatic rings. The maximum absolute atomic E-state index is 11.9. The molecule has 0 saturated carbocycles. The van der Waals surface area contributed by atoms with E-state index in [4.69, 9.17) is 0 Å². The van der Waals surface area contributed by atoms with Gasteiger partial charge in [-0.2, -0.15) is 9.13 Å². The molecule has 0 radical (unpaired) electrons. The molecule has 0 N–H and O–H groups in total. The van der Waals surface area contributed by atoms with Crippen molar-refractivity contribution < 1.29 is 37.0 Å². The number of rotatable bonds is 8. The van der Waals surface area contributed by atoms with Gasteiger partial charge in [0.2, 0.25) is 18.0 Å². The second kappa shape index (κ2) is 43.0. The monoisotopic (exact) mass is 1190 g/mol. The number of aromatic nitrogens is 6. The molecule has 0 aliphatic rings. The highest BCUT2D eigenvalue weighted by atomic mass is 16.1. The summed E-state index contributed by atoms with van der Waals surface area (Å²) in [7, 11) is 6.05. The molecule has 0 fully saturated rings. The first-order valence-electron chi connectivity index (χ1n) is 30.7.